The second-order valence-electron chi connectivity index (χ2n) is 4.97. The Hall–Kier alpha value is -3.41. The van der Waals surface area contributed by atoms with E-state index in [4.69, 9.17) is 5.84 Å². The van der Waals surface area contributed by atoms with Crippen molar-refractivity contribution in [3.63, 3.8) is 0 Å². The minimum atomic E-state index is -5.00. The molecular weight excluding hydrogens is 379 g/mol. The maximum absolute atomic E-state index is 13.1. The molecule has 5 N–H and O–H groups in total. The topological polar surface area (TPSA) is 105 Å². The predicted octanol–water partition coefficient (Wildman–Crippen LogP) is 3.11. The fourth-order valence-electron chi connectivity index (χ4n) is 2.01. The van der Waals surface area contributed by atoms with Gasteiger partial charge in [-0.25, -0.2) is 19.4 Å². The molecule has 12 heteroatoms. The number of alkyl halides is 3. The van der Waals surface area contributed by atoms with Gasteiger partial charge in [0.15, 0.2) is 0 Å². The van der Waals surface area contributed by atoms with Crippen molar-refractivity contribution < 1.29 is 36.3 Å². The number of nitrogen functional groups attached to an aromatic ring is 1. The molecule has 0 saturated heterocycles. The summed E-state index contributed by atoms with van der Waals surface area (Å²) < 4.78 is 67.0. The van der Waals surface area contributed by atoms with E-state index in [1.807, 2.05) is 0 Å². The van der Waals surface area contributed by atoms with Crippen molar-refractivity contribution in [2.75, 3.05) is 10.6 Å². The third-order valence-corrected chi connectivity index (χ3v) is 2.97. The number of halogens is 5. The molecule has 2 rings (SSSR count). The van der Waals surface area contributed by atoms with E-state index in [1.54, 1.807) is 5.43 Å². The SMILES string of the molecule is NNC(=O)c1ccc(OC(F)(F)F)cc1NC(=O)Nc1cc(F)cc(F)c1. The second kappa shape index (κ2) is 7.86. The van der Waals surface area contributed by atoms with Gasteiger partial charge in [-0.2, -0.15) is 0 Å². The van der Waals surface area contributed by atoms with Crippen LogP contribution in [0.1, 0.15) is 10.4 Å². The lowest BCUT2D eigenvalue weighted by Gasteiger charge is -2.14. The Labute approximate surface area is 148 Å². The zero-order chi connectivity index (χ0) is 20.2. The summed E-state index contributed by atoms with van der Waals surface area (Å²) in [6, 6.07) is 3.59. The number of amides is 3. The van der Waals surface area contributed by atoms with Crippen LogP contribution in [-0.2, 0) is 0 Å². The van der Waals surface area contributed by atoms with E-state index < -0.39 is 41.4 Å². The van der Waals surface area contributed by atoms with Gasteiger partial charge >= 0.3 is 12.4 Å². The van der Waals surface area contributed by atoms with Gasteiger partial charge in [0.2, 0.25) is 0 Å². The standard InChI is InChI=1S/C15H11F5N4O3/c16-7-3-8(17)5-9(4-7)22-14(26)23-12-6-10(27-15(18,19)20)1-2-11(12)13(25)24-21/h1-6H,21H2,(H,24,25)(H2,22,23,26). The minimum Gasteiger partial charge on any atom is -0.406 e. The van der Waals surface area contributed by atoms with E-state index in [9.17, 15) is 31.5 Å². The van der Waals surface area contributed by atoms with Crippen LogP contribution in [0, 0.1) is 11.6 Å². The Morgan fingerprint density at radius 2 is 1.59 bits per heavy atom. The number of rotatable bonds is 4. The van der Waals surface area contributed by atoms with Gasteiger partial charge in [0, 0.05) is 17.8 Å². The number of carbonyl (C=O) groups excluding carboxylic acids is 2. The van der Waals surface area contributed by atoms with Gasteiger partial charge in [-0.1, -0.05) is 0 Å². The van der Waals surface area contributed by atoms with E-state index >= 15 is 0 Å². The Bertz CT molecular complexity index is 853. The number of hydrogen-bond donors (Lipinski definition) is 4. The van der Waals surface area contributed by atoms with Crippen molar-refractivity contribution in [1.29, 1.82) is 0 Å². The van der Waals surface area contributed by atoms with Crippen LogP contribution in [-0.4, -0.2) is 18.3 Å². The zero-order valence-corrected chi connectivity index (χ0v) is 13.2. The van der Waals surface area contributed by atoms with Crippen LogP contribution in [0.4, 0.5) is 38.1 Å². The van der Waals surface area contributed by atoms with Crippen molar-refractivity contribution in [2.45, 2.75) is 6.36 Å². The maximum Gasteiger partial charge on any atom is 0.573 e. The number of nitrogens with one attached hydrogen (secondary N) is 3. The van der Waals surface area contributed by atoms with Crippen molar-refractivity contribution in [1.82, 2.24) is 5.43 Å². The fourth-order valence-corrected chi connectivity index (χ4v) is 2.01. The molecule has 0 spiro atoms. The van der Waals surface area contributed by atoms with Crippen molar-refractivity contribution in [3.8, 4) is 5.75 Å². The van der Waals surface area contributed by atoms with Gasteiger partial charge in [0.1, 0.15) is 17.4 Å². The minimum absolute atomic E-state index is 0.266. The molecular formula is C15H11F5N4O3. The van der Waals surface area contributed by atoms with Crippen LogP contribution in [0.25, 0.3) is 0 Å². The van der Waals surface area contributed by atoms with Gasteiger partial charge in [-0.05, 0) is 24.3 Å². The van der Waals surface area contributed by atoms with E-state index in [-0.39, 0.29) is 11.3 Å². The summed E-state index contributed by atoms with van der Waals surface area (Å²) in [5.41, 5.74) is 0.809. The average Bonchev–Trinajstić information content (AvgIpc) is 2.51. The van der Waals surface area contributed by atoms with E-state index in [2.05, 4.69) is 15.4 Å². The molecule has 27 heavy (non-hydrogen) atoms. The number of urea groups is 1. The number of benzene rings is 2. The molecule has 0 aromatic heterocycles. The van der Waals surface area contributed by atoms with Crippen molar-refractivity contribution in [2.24, 2.45) is 5.84 Å². The van der Waals surface area contributed by atoms with E-state index in [0.29, 0.717) is 6.07 Å². The third-order valence-electron chi connectivity index (χ3n) is 2.97. The summed E-state index contributed by atoms with van der Waals surface area (Å²) in [4.78, 5) is 23.7. The molecule has 0 saturated carbocycles. The highest BCUT2D eigenvalue weighted by Gasteiger charge is 2.31. The van der Waals surface area contributed by atoms with Gasteiger partial charge in [-0.15, -0.1) is 13.2 Å². The first-order valence-corrected chi connectivity index (χ1v) is 7.02. The lowest BCUT2D eigenvalue weighted by Crippen LogP contribution is -2.31. The number of anilines is 2. The first-order valence-electron chi connectivity index (χ1n) is 7.02. The fraction of sp³-hybridized carbons (Fsp3) is 0.0667. The van der Waals surface area contributed by atoms with E-state index in [0.717, 1.165) is 30.3 Å². The molecule has 0 fully saturated rings. The molecule has 0 atom stereocenters. The summed E-state index contributed by atoms with van der Waals surface area (Å²) in [7, 11) is 0. The van der Waals surface area contributed by atoms with Crippen molar-refractivity contribution >= 4 is 23.3 Å². The Morgan fingerprint density at radius 3 is 2.15 bits per heavy atom. The molecule has 0 radical (unpaired) electrons. The number of hydrazine groups is 1. The molecule has 0 heterocycles. The van der Waals surface area contributed by atoms with Gasteiger partial charge < -0.3 is 15.4 Å². The quantitative estimate of drug-likeness (QED) is 0.279. The summed E-state index contributed by atoms with van der Waals surface area (Å²) in [5.74, 6) is 1.41. The molecule has 7 nitrogen and oxygen atoms in total. The first kappa shape index (κ1) is 19.9. The summed E-state index contributed by atoms with van der Waals surface area (Å²) >= 11 is 0. The van der Waals surface area contributed by atoms with Gasteiger partial charge in [-0.3, -0.25) is 10.2 Å². The van der Waals surface area contributed by atoms with Crippen LogP contribution in [0.2, 0.25) is 0 Å². The summed E-state index contributed by atoms with van der Waals surface area (Å²) in [6.07, 6.45) is -5.00. The number of hydrogen-bond acceptors (Lipinski definition) is 4. The highest BCUT2D eigenvalue weighted by atomic mass is 19.4. The molecule has 0 unspecified atom stereocenters. The second-order valence-corrected chi connectivity index (χ2v) is 4.97. The number of nitrogens with two attached hydrogens (primary N) is 1. The molecule has 144 valence electrons. The molecule has 3 amide bonds. The third kappa shape index (κ3) is 5.81. The largest absolute Gasteiger partial charge is 0.573 e. The molecule has 2 aromatic rings. The Morgan fingerprint density at radius 1 is 0.963 bits per heavy atom. The van der Waals surface area contributed by atoms with E-state index in [1.165, 1.54) is 0 Å². The summed E-state index contributed by atoms with van der Waals surface area (Å²) in [5, 5.41) is 4.15. The Kier molecular flexibility index (Phi) is 5.80. The molecule has 0 aliphatic rings. The average molecular weight is 390 g/mol. The monoisotopic (exact) mass is 390 g/mol. The van der Waals surface area contributed by atoms with Crippen LogP contribution in [0.15, 0.2) is 36.4 Å². The maximum atomic E-state index is 13.1. The number of carbonyl (C=O) groups is 2. The lowest BCUT2D eigenvalue weighted by molar-refractivity contribution is -0.274. The van der Waals surface area contributed by atoms with Crippen molar-refractivity contribution in [3.05, 3.63) is 53.6 Å². The van der Waals surface area contributed by atoms with Gasteiger partial charge in [0.25, 0.3) is 5.91 Å². The van der Waals surface area contributed by atoms with Crippen LogP contribution < -0.4 is 26.6 Å². The molecule has 0 aliphatic heterocycles. The highest BCUT2D eigenvalue weighted by Crippen LogP contribution is 2.28. The van der Waals surface area contributed by atoms with Crippen LogP contribution in [0.5, 0.6) is 5.75 Å². The smallest absolute Gasteiger partial charge is 0.406 e. The highest BCUT2D eigenvalue weighted by molar-refractivity contribution is 6.06. The Balaban J connectivity index is 2.26. The predicted molar refractivity (Wildman–Crippen MR) is 83.8 cm³/mol. The van der Waals surface area contributed by atoms with Crippen LogP contribution >= 0.6 is 0 Å². The molecule has 0 aliphatic carbocycles. The first-order chi connectivity index (χ1) is 12.6. The normalized spacial score (nSPS) is 10.9. The van der Waals surface area contributed by atoms with Gasteiger partial charge in [0.05, 0.1) is 11.3 Å². The van der Waals surface area contributed by atoms with Crippen LogP contribution in [0.3, 0.4) is 0 Å². The lowest BCUT2D eigenvalue weighted by atomic mass is 10.1. The number of ether oxygens (including phenoxy) is 1. The molecule has 0 bridgehead atoms. The zero-order valence-electron chi connectivity index (χ0n) is 13.2. The summed E-state index contributed by atoms with van der Waals surface area (Å²) in [6.45, 7) is 0. The molecule has 2 aromatic carbocycles.